The Labute approximate surface area is 218 Å². The lowest BCUT2D eigenvalue weighted by atomic mass is 10.0. The van der Waals surface area contributed by atoms with Crippen LogP contribution in [0.4, 0.5) is 0 Å². The van der Waals surface area contributed by atoms with E-state index in [2.05, 4.69) is 27.4 Å². The monoisotopic (exact) mass is 556 g/mol. The molecule has 2 amide bonds. The number of benzene rings is 2. The van der Waals surface area contributed by atoms with Gasteiger partial charge in [-0.25, -0.2) is 0 Å². The van der Waals surface area contributed by atoms with Crippen LogP contribution in [0.1, 0.15) is 32.4 Å². The second kappa shape index (κ2) is 11.8. The Kier molecular flexibility index (Phi) is 8.59. The Morgan fingerprint density at radius 2 is 1.97 bits per heavy atom. The minimum Gasteiger partial charge on any atom is -0.491 e. The third-order valence-corrected chi connectivity index (χ3v) is 7.58. The molecule has 3 aromatic rings. The first kappa shape index (κ1) is 25.4. The summed E-state index contributed by atoms with van der Waals surface area (Å²) < 4.78 is 12.1. The largest absolute Gasteiger partial charge is 0.491 e. The van der Waals surface area contributed by atoms with E-state index in [1.165, 1.54) is 10.4 Å². The zero-order valence-electron chi connectivity index (χ0n) is 19.9. The number of fused-ring (bicyclic) bond motifs is 1. The van der Waals surface area contributed by atoms with Gasteiger partial charge in [0.05, 0.1) is 12.6 Å². The average molecular weight is 558 g/mol. The fraction of sp³-hybridized carbons (Fsp3) is 0.333. The molecule has 1 atom stereocenters. The fourth-order valence-electron chi connectivity index (χ4n) is 4.20. The van der Waals surface area contributed by atoms with Gasteiger partial charge in [-0.1, -0.05) is 39.7 Å². The van der Waals surface area contributed by atoms with Crippen LogP contribution in [-0.4, -0.2) is 61.6 Å². The lowest BCUT2D eigenvalue weighted by Crippen LogP contribution is -2.48. The van der Waals surface area contributed by atoms with Crippen molar-refractivity contribution < 1.29 is 19.1 Å². The molecule has 0 aliphatic carbocycles. The van der Waals surface area contributed by atoms with E-state index < -0.39 is 0 Å². The topological polar surface area (TPSA) is 59.1 Å². The molecule has 0 unspecified atom stereocenters. The van der Waals surface area contributed by atoms with Crippen molar-refractivity contribution in [3.05, 3.63) is 86.0 Å². The van der Waals surface area contributed by atoms with Crippen LogP contribution in [0.15, 0.2) is 64.5 Å². The van der Waals surface area contributed by atoms with E-state index in [1.54, 1.807) is 35.5 Å². The molecular weight excluding hydrogens is 528 g/mol. The summed E-state index contributed by atoms with van der Waals surface area (Å²) in [6.45, 7) is 3.65. The first-order valence-corrected chi connectivity index (χ1v) is 13.2. The minimum absolute atomic E-state index is 0.0186. The van der Waals surface area contributed by atoms with E-state index in [0.29, 0.717) is 31.9 Å². The van der Waals surface area contributed by atoms with E-state index in [4.69, 9.17) is 9.47 Å². The summed E-state index contributed by atoms with van der Waals surface area (Å²) in [5, 5.41) is 2.07. The van der Waals surface area contributed by atoms with Gasteiger partial charge < -0.3 is 19.3 Å². The SMILES string of the molecule is COCCN(CC(=O)N1CCc2sccc2[C@@H]1COc1ccc(C)cc1)C(=O)c1cccc(Br)c1. The second-order valence-corrected chi connectivity index (χ2v) is 10.4. The van der Waals surface area contributed by atoms with Crippen molar-refractivity contribution in [2.45, 2.75) is 19.4 Å². The summed E-state index contributed by atoms with van der Waals surface area (Å²) in [6, 6.07) is 17.0. The highest BCUT2D eigenvalue weighted by Gasteiger charge is 2.33. The predicted molar refractivity (Wildman–Crippen MR) is 141 cm³/mol. The van der Waals surface area contributed by atoms with Gasteiger partial charge in [-0.2, -0.15) is 0 Å². The number of nitrogens with zero attached hydrogens (tertiary/aromatic N) is 2. The highest BCUT2D eigenvalue weighted by molar-refractivity contribution is 9.10. The Hall–Kier alpha value is -2.68. The summed E-state index contributed by atoms with van der Waals surface area (Å²) in [6.07, 6.45) is 0.803. The van der Waals surface area contributed by atoms with Crippen molar-refractivity contribution in [2.24, 2.45) is 0 Å². The summed E-state index contributed by atoms with van der Waals surface area (Å²) >= 11 is 5.14. The van der Waals surface area contributed by atoms with Crippen LogP contribution in [0.2, 0.25) is 0 Å². The van der Waals surface area contributed by atoms with E-state index in [9.17, 15) is 9.59 Å². The molecule has 4 rings (SSSR count). The molecule has 1 aliphatic heterocycles. The third-order valence-electron chi connectivity index (χ3n) is 6.09. The number of aryl methyl sites for hydroxylation is 1. The number of ether oxygens (including phenoxy) is 2. The van der Waals surface area contributed by atoms with Gasteiger partial charge in [-0.3, -0.25) is 9.59 Å². The fourth-order valence-corrected chi connectivity index (χ4v) is 5.52. The van der Waals surface area contributed by atoms with Crippen molar-refractivity contribution in [2.75, 3.05) is 40.0 Å². The Morgan fingerprint density at radius 3 is 2.71 bits per heavy atom. The van der Waals surface area contributed by atoms with Crippen LogP contribution in [0, 0.1) is 6.92 Å². The maximum atomic E-state index is 13.6. The van der Waals surface area contributed by atoms with Crippen LogP contribution in [-0.2, 0) is 16.0 Å². The second-order valence-electron chi connectivity index (χ2n) is 8.51. The molecule has 184 valence electrons. The molecule has 2 heterocycles. The maximum absolute atomic E-state index is 13.6. The van der Waals surface area contributed by atoms with Gasteiger partial charge >= 0.3 is 0 Å². The van der Waals surface area contributed by atoms with E-state index in [-0.39, 0.29) is 24.4 Å². The predicted octanol–water partition coefficient (Wildman–Crippen LogP) is 5.11. The molecule has 0 saturated heterocycles. The Bertz CT molecular complexity index is 1160. The molecule has 35 heavy (non-hydrogen) atoms. The van der Waals surface area contributed by atoms with Crippen LogP contribution >= 0.6 is 27.3 Å². The van der Waals surface area contributed by atoms with E-state index in [0.717, 1.165) is 22.2 Å². The third kappa shape index (κ3) is 6.31. The molecule has 6 nitrogen and oxygen atoms in total. The van der Waals surface area contributed by atoms with Crippen LogP contribution in [0.25, 0.3) is 0 Å². The van der Waals surface area contributed by atoms with Crippen LogP contribution in [0.3, 0.4) is 0 Å². The number of amides is 2. The molecule has 1 aliphatic rings. The van der Waals surface area contributed by atoms with Gasteiger partial charge in [0.25, 0.3) is 5.91 Å². The molecule has 0 fully saturated rings. The minimum atomic E-state index is -0.205. The number of carbonyl (C=O) groups is 2. The van der Waals surface area contributed by atoms with Gasteiger partial charge in [0, 0.05) is 35.1 Å². The Balaban J connectivity index is 1.52. The summed E-state index contributed by atoms with van der Waals surface area (Å²) in [7, 11) is 1.59. The van der Waals surface area contributed by atoms with Gasteiger partial charge in [0.2, 0.25) is 5.91 Å². The van der Waals surface area contributed by atoms with Gasteiger partial charge in [0.1, 0.15) is 18.9 Å². The number of methoxy groups -OCH3 is 1. The molecule has 0 spiro atoms. The molecular formula is C27H29BrN2O4S. The van der Waals surface area contributed by atoms with Gasteiger partial charge in [-0.15, -0.1) is 11.3 Å². The lowest BCUT2D eigenvalue weighted by molar-refractivity contribution is -0.135. The van der Waals surface area contributed by atoms with Crippen molar-refractivity contribution in [3.63, 3.8) is 0 Å². The zero-order chi connectivity index (χ0) is 24.8. The van der Waals surface area contributed by atoms with E-state index in [1.807, 2.05) is 48.2 Å². The van der Waals surface area contributed by atoms with Gasteiger partial charge in [-0.05, 0) is 60.7 Å². The van der Waals surface area contributed by atoms with Crippen molar-refractivity contribution in [3.8, 4) is 5.75 Å². The number of hydrogen-bond acceptors (Lipinski definition) is 5. The maximum Gasteiger partial charge on any atom is 0.254 e. The number of hydrogen-bond donors (Lipinski definition) is 0. The number of carbonyl (C=O) groups excluding carboxylic acids is 2. The Morgan fingerprint density at radius 1 is 1.17 bits per heavy atom. The first-order valence-electron chi connectivity index (χ1n) is 11.5. The molecule has 0 N–H and O–H groups in total. The molecule has 0 bridgehead atoms. The van der Waals surface area contributed by atoms with Gasteiger partial charge in [0.15, 0.2) is 0 Å². The molecule has 8 heteroatoms. The quantitative estimate of drug-likeness (QED) is 0.367. The lowest BCUT2D eigenvalue weighted by Gasteiger charge is -2.37. The van der Waals surface area contributed by atoms with E-state index >= 15 is 0 Å². The number of halogens is 1. The molecule has 2 aromatic carbocycles. The summed E-state index contributed by atoms with van der Waals surface area (Å²) in [5.41, 5.74) is 2.82. The summed E-state index contributed by atoms with van der Waals surface area (Å²) in [5.74, 6) is 0.480. The van der Waals surface area contributed by atoms with Crippen molar-refractivity contribution in [1.82, 2.24) is 9.80 Å². The highest BCUT2D eigenvalue weighted by atomic mass is 79.9. The smallest absolute Gasteiger partial charge is 0.254 e. The molecule has 1 aromatic heterocycles. The average Bonchev–Trinajstić information content (AvgIpc) is 3.34. The first-order chi connectivity index (χ1) is 17.0. The van der Waals surface area contributed by atoms with Crippen molar-refractivity contribution >= 4 is 39.1 Å². The summed E-state index contributed by atoms with van der Waals surface area (Å²) in [4.78, 5) is 31.6. The normalized spacial score (nSPS) is 14.9. The molecule has 0 saturated carbocycles. The number of rotatable bonds is 9. The number of thiophene rings is 1. The standard InChI is InChI=1S/C27H29BrN2O4S/c1-19-6-8-22(9-7-19)34-18-24-23-11-15-35-25(23)10-12-30(24)26(31)17-29(13-14-33-2)27(32)20-4-3-5-21(28)16-20/h3-9,11,15-16,24H,10,12-14,17-18H2,1-2H3/t24-/m0/s1. The highest BCUT2D eigenvalue weighted by Crippen LogP contribution is 2.34. The molecule has 0 radical (unpaired) electrons. The van der Waals surface area contributed by atoms with Crippen LogP contribution in [0.5, 0.6) is 5.75 Å². The van der Waals surface area contributed by atoms with Crippen LogP contribution < -0.4 is 4.74 Å². The van der Waals surface area contributed by atoms with Crippen molar-refractivity contribution in [1.29, 1.82) is 0 Å². The zero-order valence-corrected chi connectivity index (χ0v) is 22.3.